The van der Waals surface area contributed by atoms with Gasteiger partial charge < -0.3 is 10.6 Å². The lowest BCUT2D eigenvalue weighted by Crippen LogP contribution is -2.42. The molecule has 0 bridgehead atoms. The molecule has 1 fully saturated rings. The average Bonchev–Trinajstić information content (AvgIpc) is 2.79. The Balaban J connectivity index is 2.13. The minimum atomic E-state index is -3.11. The molecule has 1 atom stereocenters. The van der Waals surface area contributed by atoms with Gasteiger partial charge in [-0.1, -0.05) is 6.42 Å². The monoisotopic (exact) mass is 277 g/mol. The lowest BCUT2D eigenvalue weighted by molar-refractivity contribution is -0.131. The number of hydrogen-bond donors (Lipinski definition) is 2. The molecule has 0 radical (unpaired) electrons. The maximum atomic E-state index is 11.9. The van der Waals surface area contributed by atoms with E-state index < -0.39 is 16.1 Å². The molecule has 106 valence electrons. The van der Waals surface area contributed by atoms with Crippen LogP contribution in [-0.4, -0.2) is 51.2 Å². The summed E-state index contributed by atoms with van der Waals surface area (Å²) in [6, 6.07) is -0.443. The first-order valence-corrected chi connectivity index (χ1v) is 8.28. The van der Waals surface area contributed by atoms with E-state index in [2.05, 4.69) is 4.72 Å². The van der Waals surface area contributed by atoms with Gasteiger partial charge in [-0.25, -0.2) is 13.1 Å². The van der Waals surface area contributed by atoms with Crippen LogP contribution in [0, 0.1) is 0 Å². The van der Waals surface area contributed by atoms with Crippen molar-refractivity contribution in [1.29, 1.82) is 0 Å². The molecule has 1 rings (SSSR count). The lowest BCUT2D eigenvalue weighted by atomic mass is 10.1. The maximum Gasteiger partial charge on any atom is 0.239 e. The van der Waals surface area contributed by atoms with Gasteiger partial charge in [-0.15, -0.1) is 0 Å². The summed E-state index contributed by atoms with van der Waals surface area (Å²) in [5.74, 6) is 0.0311. The zero-order chi connectivity index (χ0) is 13.6. The fourth-order valence-electron chi connectivity index (χ4n) is 2.04. The van der Waals surface area contributed by atoms with E-state index in [0.29, 0.717) is 19.4 Å². The van der Waals surface area contributed by atoms with Crippen LogP contribution in [0.4, 0.5) is 0 Å². The Morgan fingerprint density at radius 3 is 2.50 bits per heavy atom. The van der Waals surface area contributed by atoms with Crippen LogP contribution in [-0.2, 0) is 14.8 Å². The van der Waals surface area contributed by atoms with E-state index >= 15 is 0 Å². The van der Waals surface area contributed by atoms with Crippen LogP contribution in [0.2, 0.25) is 0 Å². The van der Waals surface area contributed by atoms with Crippen LogP contribution in [0.15, 0.2) is 0 Å². The van der Waals surface area contributed by atoms with E-state index in [1.54, 1.807) is 0 Å². The molecule has 1 aliphatic rings. The number of carbonyl (C=O) groups is 1. The Morgan fingerprint density at radius 1 is 1.33 bits per heavy atom. The molecular weight excluding hydrogens is 254 g/mol. The second-order valence-electron chi connectivity index (χ2n) is 4.80. The molecule has 7 heteroatoms. The quantitative estimate of drug-likeness (QED) is 0.622. The Labute approximate surface area is 109 Å². The Kier molecular flexibility index (Phi) is 6.04. The predicted octanol–water partition coefficient (Wildman–Crippen LogP) is -0.344. The van der Waals surface area contributed by atoms with Crippen molar-refractivity contribution < 1.29 is 13.2 Å². The molecule has 1 aliphatic heterocycles. The molecule has 18 heavy (non-hydrogen) atoms. The summed E-state index contributed by atoms with van der Waals surface area (Å²) in [7, 11) is -3.11. The zero-order valence-corrected chi connectivity index (χ0v) is 11.7. The number of amides is 1. The van der Waals surface area contributed by atoms with Gasteiger partial charge in [-0.3, -0.25) is 4.79 Å². The van der Waals surface area contributed by atoms with Gasteiger partial charge in [-0.05, 0) is 25.7 Å². The highest BCUT2D eigenvalue weighted by Crippen LogP contribution is 2.10. The minimum Gasteiger partial charge on any atom is -0.341 e. The van der Waals surface area contributed by atoms with Gasteiger partial charge in [0.05, 0.1) is 12.3 Å². The highest BCUT2D eigenvalue weighted by Gasteiger charge is 2.22. The van der Waals surface area contributed by atoms with Crippen LogP contribution in [0.25, 0.3) is 0 Å². The molecule has 0 aromatic rings. The molecule has 1 saturated heterocycles. The van der Waals surface area contributed by atoms with Crippen LogP contribution in [0.1, 0.15) is 32.1 Å². The maximum absolute atomic E-state index is 11.9. The van der Waals surface area contributed by atoms with E-state index in [-0.39, 0.29) is 5.91 Å². The molecule has 0 aromatic carbocycles. The highest BCUT2D eigenvalue weighted by molar-refractivity contribution is 7.88. The number of nitrogens with zero attached hydrogens (tertiary/aromatic N) is 1. The van der Waals surface area contributed by atoms with Crippen molar-refractivity contribution >= 4 is 15.9 Å². The number of sulfonamides is 1. The number of nitrogens with one attached hydrogen (secondary N) is 1. The summed E-state index contributed by atoms with van der Waals surface area (Å²) >= 11 is 0. The Morgan fingerprint density at radius 2 is 1.94 bits per heavy atom. The van der Waals surface area contributed by atoms with Gasteiger partial charge in [0.2, 0.25) is 15.9 Å². The first kappa shape index (κ1) is 15.4. The predicted molar refractivity (Wildman–Crippen MR) is 70.5 cm³/mol. The van der Waals surface area contributed by atoms with Crippen molar-refractivity contribution in [1.82, 2.24) is 9.62 Å². The summed E-state index contributed by atoms with van der Waals surface area (Å²) in [5, 5.41) is 0. The third kappa shape index (κ3) is 5.79. The number of rotatable bonds is 7. The topological polar surface area (TPSA) is 92.5 Å². The fourth-order valence-corrected chi connectivity index (χ4v) is 2.56. The van der Waals surface area contributed by atoms with Gasteiger partial charge in [-0.2, -0.15) is 0 Å². The van der Waals surface area contributed by atoms with E-state index in [0.717, 1.165) is 38.6 Å². The summed E-state index contributed by atoms with van der Waals surface area (Å²) < 4.78 is 24.0. The van der Waals surface area contributed by atoms with Crippen LogP contribution >= 0.6 is 0 Å². The van der Waals surface area contributed by atoms with Gasteiger partial charge in [0.1, 0.15) is 0 Å². The van der Waals surface area contributed by atoms with Crippen LogP contribution in [0.5, 0.6) is 0 Å². The molecule has 0 spiro atoms. The van der Waals surface area contributed by atoms with E-state index in [1.165, 1.54) is 0 Å². The third-order valence-corrected chi connectivity index (χ3v) is 3.77. The highest BCUT2D eigenvalue weighted by atomic mass is 32.2. The second kappa shape index (κ2) is 7.06. The van der Waals surface area contributed by atoms with Crippen LogP contribution in [0.3, 0.4) is 0 Å². The van der Waals surface area contributed by atoms with Crippen molar-refractivity contribution in [3.05, 3.63) is 0 Å². The second-order valence-corrected chi connectivity index (χ2v) is 6.63. The lowest BCUT2D eigenvalue weighted by Gasteiger charge is -2.20. The molecule has 1 heterocycles. The number of carbonyl (C=O) groups excluding carboxylic acids is 1. The van der Waals surface area contributed by atoms with E-state index in [1.807, 2.05) is 4.90 Å². The largest absolute Gasteiger partial charge is 0.341 e. The number of nitrogens with two attached hydrogens (primary N) is 1. The number of unbranched alkanes of at least 4 members (excludes halogenated alkanes) is 1. The zero-order valence-electron chi connectivity index (χ0n) is 10.9. The first-order chi connectivity index (χ1) is 8.40. The Hall–Kier alpha value is -0.660. The molecule has 3 N–H and O–H groups in total. The average molecular weight is 277 g/mol. The molecule has 0 aliphatic carbocycles. The van der Waals surface area contributed by atoms with E-state index in [9.17, 15) is 13.2 Å². The third-order valence-electron chi connectivity index (χ3n) is 3.04. The summed E-state index contributed by atoms with van der Waals surface area (Å²) in [6.07, 6.45) is 5.33. The molecule has 0 unspecified atom stereocenters. The van der Waals surface area contributed by atoms with Crippen molar-refractivity contribution in [3.8, 4) is 0 Å². The summed E-state index contributed by atoms with van der Waals surface area (Å²) in [4.78, 5) is 13.7. The smallest absolute Gasteiger partial charge is 0.239 e. The standard InChI is InChI=1S/C11H23N3O3S/c1-18(16,17)13-7-3-2-6-10(12)11(15)14-8-4-5-9-14/h10,13H,2-9,12H2,1H3/t10-/m0/s1. The summed E-state index contributed by atoms with van der Waals surface area (Å²) in [6.45, 7) is 2.05. The first-order valence-electron chi connectivity index (χ1n) is 6.39. The fraction of sp³-hybridized carbons (Fsp3) is 0.909. The molecule has 0 saturated carbocycles. The van der Waals surface area contributed by atoms with Crippen molar-refractivity contribution in [2.45, 2.75) is 38.1 Å². The van der Waals surface area contributed by atoms with Crippen molar-refractivity contribution in [2.24, 2.45) is 5.73 Å². The van der Waals surface area contributed by atoms with Gasteiger partial charge >= 0.3 is 0 Å². The van der Waals surface area contributed by atoms with Gasteiger partial charge in [0.15, 0.2) is 0 Å². The molecule has 6 nitrogen and oxygen atoms in total. The van der Waals surface area contributed by atoms with Crippen molar-refractivity contribution in [3.63, 3.8) is 0 Å². The Bertz CT molecular complexity index is 364. The number of likely N-dealkylation sites (tertiary alicyclic amines) is 1. The van der Waals surface area contributed by atoms with Crippen molar-refractivity contribution in [2.75, 3.05) is 25.9 Å². The SMILES string of the molecule is CS(=O)(=O)NCCCC[C@H](N)C(=O)N1CCCC1. The molecular formula is C11H23N3O3S. The van der Waals surface area contributed by atoms with Crippen LogP contribution < -0.4 is 10.5 Å². The number of hydrogen-bond acceptors (Lipinski definition) is 4. The van der Waals surface area contributed by atoms with Gasteiger partial charge in [0, 0.05) is 19.6 Å². The molecule has 0 aromatic heterocycles. The normalized spacial score (nSPS) is 18.0. The summed E-state index contributed by atoms with van der Waals surface area (Å²) in [5.41, 5.74) is 5.84. The van der Waals surface area contributed by atoms with Gasteiger partial charge in [0.25, 0.3) is 0 Å². The minimum absolute atomic E-state index is 0.0311. The molecule has 1 amide bonds. The van der Waals surface area contributed by atoms with E-state index in [4.69, 9.17) is 5.73 Å².